The number of aryl methyl sites for hydroxylation is 2. The van der Waals surface area contributed by atoms with E-state index in [4.69, 9.17) is 16.3 Å². The normalized spacial score (nSPS) is 10.6. The third kappa shape index (κ3) is 5.15. The second-order valence-corrected chi connectivity index (χ2v) is 7.06. The molecule has 1 aromatic heterocycles. The number of benzene rings is 2. The van der Waals surface area contributed by atoms with Crippen molar-refractivity contribution < 1.29 is 14.5 Å². The van der Waals surface area contributed by atoms with Crippen molar-refractivity contribution in [2.45, 2.75) is 33.5 Å². The van der Waals surface area contributed by atoms with Gasteiger partial charge in [0.2, 0.25) is 0 Å². The van der Waals surface area contributed by atoms with Crippen LogP contribution in [0.15, 0.2) is 48.7 Å². The minimum atomic E-state index is -0.429. The van der Waals surface area contributed by atoms with Crippen molar-refractivity contribution in [3.63, 3.8) is 0 Å². The Morgan fingerprint density at radius 1 is 1.30 bits per heavy atom. The number of nitro groups is 1. The Hall–Kier alpha value is -3.39. The Morgan fingerprint density at radius 3 is 2.77 bits per heavy atom. The van der Waals surface area contributed by atoms with Crippen molar-refractivity contribution in [3.05, 3.63) is 86.2 Å². The fourth-order valence-corrected chi connectivity index (χ4v) is 3.09. The third-order valence-corrected chi connectivity index (χ3v) is 4.80. The van der Waals surface area contributed by atoms with Gasteiger partial charge in [0.05, 0.1) is 16.5 Å². The molecule has 0 spiro atoms. The maximum atomic E-state index is 12.5. The minimum Gasteiger partial charge on any atom is -0.489 e. The lowest BCUT2D eigenvalue weighted by Crippen LogP contribution is -2.23. The molecule has 0 saturated carbocycles. The molecular formula is C21H21ClN4O4. The highest BCUT2D eigenvalue weighted by Gasteiger charge is 2.12. The van der Waals surface area contributed by atoms with E-state index in [1.54, 1.807) is 48.1 Å². The van der Waals surface area contributed by atoms with Crippen LogP contribution >= 0.6 is 11.6 Å². The molecule has 0 unspecified atom stereocenters. The van der Waals surface area contributed by atoms with E-state index in [0.29, 0.717) is 34.1 Å². The number of nitrogens with zero attached hydrogens (tertiary/aromatic N) is 3. The molecule has 30 heavy (non-hydrogen) atoms. The van der Waals surface area contributed by atoms with Crippen LogP contribution in [-0.4, -0.2) is 20.6 Å². The number of rotatable bonds is 8. The molecular weight excluding hydrogens is 408 g/mol. The lowest BCUT2D eigenvalue weighted by molar-refractivity contribution is -0.385. The number of aromatic nitrogens is 2. The quantitative estimate of drug-likeness (QED) is 0.426. The van der Waals surface area contributed by atoms with Crippen LogP contribution in [0, 0.1) is 17.0 Å². The second kappa shape index (κ2) is 9.41. The summed E-state index contributed by atoms with van der Waals surface area (Å²) in [5.74, 6) is 0.277. The van der Waals surface area contributed by atoms with Crippen molar-refractivity contribution in [1.29, 1.82) is 0 Å². The molecule has 0 aliphatic carbocycles. The number of hydrogen-bond acceptors (Lipinski definition) is 5. The van der Waals surface area contributed by atoms with Crippen molar-refractivity contribution in [1.82, 2.24) is 15.1 Å². The van der Waals surface area contributed by atoms with E-state index in [-0.39, 0.29) is 24.7 Å². The molecule has 0 bridgehead atoms. The number of hydrogen-bond donors (Lipinski definition) is 1. The maximum Gasteiger partial charge on any atom is 0.272 e. The molecule has 2 aromatic carbocycles. The summed E-state index contributed by atoms with van der Waals surface area (Å²) in [6.07, 6.45) is 1.72. The average molecular weight is 429 g/mol. The maximum absolute atomic E-state index is 12.5. The van der Waals surface area contributed by atoms with Gasteiger partial charge in [-0.15, -0.1) is 0 Å². The summed E-state index contributed by atoms with van der Waals surface area (Å²) in [7, 11) is 0. The van der Waals surface area contributed by atoms with Gasteiger partial charge in [0.1, 0.15) is 18.1 Å². The van der Waals surface area contributed by atoms with E-state index < -0.39 is 4.92 Å². The molecule has 1 amide bonds. The monoisotopic (exact) mass is 428 g/mol. The number of carbonyl (C=O) groups excluding carboxylic acids is 1. The van der Waals surface area contributed by atoms with Gasteiger partial charge in [0.15, 0.2) is 0 Å². The van der Waals surface area contributed by atoms with Crippen LogP contribution in [0.25, 0.3) is 0 Å². The molecule has 156 valence electrons. The summed E-state index contributed by atoms with van der Waals surface area (Å²) in [4.78, 5) is 23.0. The molecule has 9 heteroatoms. The third-order valence-electron chi connectivity index (χ3n) is 4.49. The predicted molar refractivity (Wildman–Crippen MR) is 113 cm³/mol. The number of nitrogens with one attached hydrogen (secondary N) is 1. The molecule has 0 radical (unpaired) electrons. The Kier molecular flexibility index (Phi) is 6.68. The molecule has 8 nitrogen and oxygen atoms in total. The predicted octanol–water partition coefficient (Wildman–Crippen LogP) is 4.28. The van der Waals surface area contributed by atoms with Gasteiger partial charge in [-0.1, -0.05) is 23.7 Å². The summed E-state index contributed by atoms with van der Waals surface area (Å²) in [5.41, 5.74) is 2.47. The topological polar surface area (TPSA) is 99.3 Å². The van der Waals surface area contributed by atoms with Gasteiger partial charge in [-0.05, 0) is 43.7 Å². The number of halogens is 1. The van der Waals surface area contributed by atoms with Gasteiger partial charge >= 0.3 is 0 Å². The molecule has 1 heterocycles. The van der Waals surface area contributed by atoms with Crippen LogP contribution in [0.4, 0.5) is 5.69 Å². The van der Waals surface area contributed by atoms with Gasteiger partial charge in [-0.3, -0.25) is 19.6 Å². The van der Waals surface area contributed by atoms with Gasteiger partial charge in [-0.25, -0.2) is 0 Å². The largest absolute Gasteiger partial charge is 0.489 e. The summed E-state index contributed by atoms with van der Waals surface area (Å²) < 4.78 is 7.43. The lowest BCUT2D eigenvalue weighted by atomic mass is 10.1. The highest BCUT2D eigenvalue weighted by molar-refractivity contribution is 6.31. The fraction of sp³-hybridized carbons (Fsp3) is 0.238. The first kappa shape index (κ1) is 21.3. The number of amides is 1. The average Bonchev–Trinajstić information content (AvgIpc) is 3.10. The van der Waals surface area contributed by atoms with Gasteiger partial charge < -0.3 is 10.1 Å². The van der Waals surface area contributed by atoms with Crippen LogP contribution in [0.2, 0.25) is 5.02 Å². The zero-order valence-electron chi connectivity index (χ0n) is 16.6. The zero-order chi connectivity index (χ0) is 21.7. The molecule has 0 saturated heterocycles. The molecule has 0 aliphatic heterocycles. The molecule has 3 aromatic rings. The lowest BCUT2D eigenvalue weighted by Gasteiger charge is -2.09. The molecule has 1 N–H and O–H groups in total. The summed E-state index contributed by atoms with van der Waals surface area (Å²) in [6, 6.07) is 11.7. The first-order valence-corrected chi connectivity index (χ1v) is 9.72. The molecule has 0 atom stereocenters. The van der Waals surface area contributed by atoms with Crippen LogP contribution in [-0.2, 0) is 19.7 Å². The number of ether oxygens (including phenoxy) is 1. The zero-order valence-corrected chi connectivity index (χ0v) is 17.3. The van der Waals surface area contributed by atoms with Crippen molar-refractivity contribution in [2.24, 2.45) is 0 Å². The van der Waals surface area contributed by atoms with E-state index in [9.17, 15) is 14.9 Å². The highest BCUT2D eigenvalue weighted by Crippen LogP contribution is 2.23. The van der Waals surface area contributed by atoms with E-state index in [1.165, 1.54) is 6.07 Å². The molecule has 3 rings (SSSR count). The fourth-order valence-electron chi connectivity index (χ4n) is 2.88. The van der Waals surface area contributed by atoms with Gasteiger partial charge in [0, 0.05) is 29.9 Å². The van der Waals surface area contributed by atoms with Crippen LogP contribution < -0.4 is 10.1 Å². The minimum absolute atomic E-state index is 0.0462. The molecule has 0 aliphatic rings. The first-order chi connectivity index (χ1) is 14.4. The van der Waals surface area contributed by atoms with Crippen molar-refractivity contribution in [3.8, 4) is 5.75 Å². The standard InChI is InChI=1S/C21H21ClN4O4/c1-3-25-12-18(22)19(24-25)11-23-21(27)16-6-4-5-15(10-16)13-30-17-7-8-20(26(28)29)14(2)9-17/h4-10,12H,3,11,13H2,1-2H3,(H,23,27). The Balaban J connectivity index is 1.61. The Morgan fingerprint density at radius 2 is 2.10 bits per heavy atom. The van der Waals surface area contributed by atoms with Crippen LogP contribution in [0.3, 0.4) is 0 Å². The van der Waals surface area contributed by atoms with Gasteiger partial charge in [0.25, 0.3) is 11.6 Å². The second-order valence-electron chi connectivity index (χ2n) is 6.66. The summed E-state index contributed by atoms with van der Waals surface area (Å²) in [5, 5.41) is 18.5. The number of nitro benzene ring substituents is 1. The Labute approximate surface area is 178 Å². The van der Waals surface area contributed by atoms with Gasteiger partial charge in [-0.2, -0.15) is 5.10 Å². The SMILES string of the molecule is CCn1cc(Cl)c(CNC(=O)c2cccc(COc3ccc([N+](=O)[O-])c(C)c3)c2)n1. The van der Waals surface area contributed by atoms with E-state index in [1.807, 2.05) is 13.0 Å². The van der Waals surface area contributed by atoms with E-state index >= 15 is 0 Å². The van der Waals surface area contributed by atoms with E-state index in [0.717, 1.165) is 5.56 Å². The van der Waals surface area contributed by atoms with Crippen molar-refractivity contribution >= 4 is 23.2 Å². The van der Waals surface area contributed by atoms with Crippen molar-refractivity contribution in [2.75, 3.05) is 0 Å². The van der Waals surface area contributed by atoms with E-state index in [2.05, 4.69) is 10.4 Å². The van der Waals surface area contributed by atoms with Crippen LogP contribution in [0.5, 0.6) is 5.75 Å². The number of carbonyl (C=O) groups is 1. The highest BCUT2D eigenvalue weighted by atomic mass is 35.5. The van der Waals surface area contributed by atoms with Crippen LogP contribution in [0.1, 0.15) is 34.1 Å². The summed E-state index contributed by atoms with van der Waals surface area (Å²) in [6.45, 7) is 4.77. The molecule has 0 fully saturated rings. The first-order valence-electron chi connectivity index (χ1n) is 9.34. The summed E-state index contributed by atoms with van der Waals surface area (Å²) >= 11 is 6.13. The smallest absolute Gasteiger partial charge is 0.272 e. The Bertz CT molecular complexity index is 1080.